The van der Waals surface area contributed by atoms with E-state index in [1.807, 2.05) is 5.32 Å². The quantitative estimate of drug-likeness (QED) is 0.166. The number of benzene rings is 2. The first-order chi connectivity index (χ1) is 24.9. The molecule has 1 aliphatic heterocycles. The van der Waals surface area contributed by atoms with Gasteiger partial charge in [-0.25, -0.2) is 52.5 Å². The van der Waals surface area contributed by atoms with Crippen LogP contribution in [0.15, 0.2) is 47.6 Å². The molecule has 5 rings (SSSR count). The molecule has 2 fully saturated rings. The Morgan fingerprint density at radius 2 is 1.37 bits per heavy atom. The first-order valence-electron chi connectivity index (χ1n) is 15.7. The second-order valence-corrected chi connectivity index (χ2v) is 18.2. The van der Waals surface area contributed by atoms with Crippen LogP contribution in [0.1, 0.15) is 67.2 Å². The maximum absolute atomic E-state index is 14.2. The molecule has 1 aliphatic carbocycles. The van der Waals surface area contributed by atoms with Gasteiger partial charge < -0.3 is 10.2 Å². The van der Waals surface area contributed by atoms with Crippen LogP contribution in [0.2, 0.25) is 10.0 Å². The number of amides is 2. The monoisotopic (exact) mass is 850 g/mol. The second kappa shape index (κ2) is 16.8. The van der Waals surface area contributed by atoms with Crippen molar-refractivity contribution in [3.05, 3.63) is 92.7 Å². The SMILES string of the molecule is CC(C)(C)S(=O)N[C@@H](c1cc(F)c(Cl)cc1F)C(F)F.CS(=O)(=O)c1cncc(C(=O)N2[C@@H](C(=O)N[C@@H](c3cc(F)c(Cl)cc3F)C(F)F)C[C@H]3C[C@H]32)c1. The van der Waals surface area contributed by atoms with Crippen LogP contribution in [0.5, 0.6) is 0 Å². The molecule has 2 N–H and O–H groups in total. The lowest BCUT2D eigenvalue weighted by atomic mass is 10.0. The summed E-state index contributed by atoms with van der Waals surface area (Å²) < 4.78 is 145. The Balaban J connectivity index is 0.000000278. The molecule has 0 spiro atoms. The molecule has 54 heavy (non-hydrogen) atoms. The Morgan fingerprint density at radius 1 is 0.852 bits per heavy atom. The van der Waals surface area contributed by atoms with Gasteiger partial charge in [0, 0.05) is 35.8 Å². The summed E-state index contributed by atoms with van der Waals surface area (Å²) in [6.07, 6.45) is -2.38. The molecular weight excluding hydrogens is 819 g/mol. The molecule has 296 valence electrons. The number of nitrogens with zero attached hydrogens (tertiary/aromatic N) is 2. The van der Waals surface area contributed by atoms with Crippen molar-refractivity contribution in [3.63, 3.8) is 0 Å². The number of nitrogens with one attached hydrogen (secondary N) is 2. The number of likely N-dealkylation sites (tertiary alicyclic amines) is 1. The zero-order chi connectivity index (χ0) is 40.6. The van der Waals surface area contributed by atoms with Crippen LogP contribution >= 0.6 is 23.2 Å². The summed E-state index contributed by atoms with van der Waals surface area (Å²) in [7, 11) is -5.51. The highest BCUT2D eigenvalue weighted by Gasteiger charge is 2.56. The fraction of sp³-hybridized carbons (Fsp3) is 0.424. The number of pyridine rings is 1. The van der Waals surface area contributed by atoms with Crippen LogP contribution in [-0.2, 0) is 25.6 Å². The first kappa shape index (κ1) is 43.3. The highest BCUT2D eigenvalue weighted by molar-refractivity contribution is 7.90. The summed E-state index contributed by atoms with van der Waals surface area (Å²) in [5, 5.41) is 0.929. The molecule has 9 nitrogen and oxygen atoms in total. The minimum Gasteiger partial charge on any atom is -0.342 e. The first-order valence-corrected chi connectivity index (χ1v) is 19.5. The van der Waals surface area contributed by atoms with Crippen molar-refractivity contribution in [2.45, 2.75) is 80.3 Å². The van der Waals surface area contributed by atoms with E-state index < -0.39 is 113 Å². The van der Waals surface area contributed by atoms with Crippen LogP contribution in [0.3, 0.4) is 0 Å². The molecule has 2 heterocycles. The van der Waals surface area contributed by atoms with Crippen molar-refractivity contribution >= 4 is 55.8 Å². The van der Waals surface area contributed by atoms with Gasteiger partial charge in [-0.3, -0.25) is 14.6 Å². The topological polar surface area (TPSA) is 126 Å². The summed E-state index contributed by atoms with van der Waals surface area (Å²) in [6.45, 7) is 4.70. The predicted molar refractivity (Wildman–Crippen MR) is 183 cm³/mol. The van der Waals surface area contributed by atoms with Crippen LogP contribution in [0, 0.1) is 29.2 Å². The molecule has 1 saturated carbocycles. The van der Waals surface area contributed by atoms with Gasteiger partial charge in [0.2, 0.25) is 5.91 Å². The van der Waals surface area contributed by atoms with Gasteiger partial charge >= 0.3 is 0 Å². The number of halogens is 10. The average molecular weight is 852 g/mol. The summed E-state index contributed by atoms with van der Waals surface area (Å²) in [6, 6.07) is -2.18. The van der Waals surface area contributed by atoms with Gasteiger partial charge in [-0.1, -0.05) is 23.2 Å². The molecule has 0 radical (unpaired) electrons. The van der Waals surface area contributed by atoms with Crippen molar-refractivity contribution in [3.8, 4) is 0 Å². The fourth-order valence-electron chi connectivity index (χ4n) is 5.49. The standard InChI is InChI=1S/C21H18ClF4N3O4S.C12H14ClF4NOS/c1-34(32,33)11-2-10(7-27-8-11)21(31)29-16-3-9(16)4-17(29)20(30)28-18(19(25)26)12-5-15(24)13(22)6-14(12)23;1-12(2,3)20(19)18-10(11(16)17)6-4-9(15)7(13)5-8(6)14/h2,5-9,16-19H,3-4H2,1H3,(H,28,30);4-5,10-11,18H,1-3H3/t9-,16-,17-,18+;10-,20?/m10/s1. The van der Waals surface area contributed by atoms with Gasteiger partial charge in [0.15, 0.2) is 9.84 Å². The molecule has 1 unspecified atom stereocenters. The third kappa shape index (κ3) is 10.1. The third-order valence-electron chi connectivity index (χ3n) is 8.37. The van der Waals surface area contributed by atoms with Crippen LogP contribution in [0.4, 0.5) is 35.1 Å². The van der Waals surface area contributed by atoms with Crippen molar-refractivity contribution in [2.75, 3.05) is 6.26 Å². The van der Waals surface area contributed by atoms with Crippen molar-refractivity contribution in [1.82, 2.24) is 19.9 Å². The molecule has 6 atom stereocenters. The minimum atomic E-state index is -3.65. The number of piperidine rings is 1. The van der Waals surface area contributed by atoms with E-state index in [9.17, 15) is 57.3 Å². The predicted octanol–water partition coefficient (Wildman–Crippen LogP) is 7.12. The molecular formula is C33H32Cl2F8N4O5S2. The van der Waals surface area contributed by atoms with Crippen LogP contribution in [-0.4, -0.2) is 70.3 Å². The van der Waals surface area contributed by atoms with Gasteiger partial charge in [-0.2, -0.15) is 0 Å². The lowest BCUT2D eigenvalue weighted by Crippen LogP contribution is -2.49. The molecule has 2 amide bonds. The number of fused-ring (bicyclic) bond motifs is 1. The highest BCUT2D eigenvalue weighted by atomic mass is 35.5. The van der Waals surface area contributed by atoms with E-state index in [2.05, 4.69) is 9.71 Å². The number of carbonyl (C=O) groups is 2. The van der Waals surface area contributed by atoms with E-state index in [-0.39, 0.29) is 28.8 Å². The summed E-state index contributed by atoms with van der Waals surface area (Å²) in [5.41, 5.74) is -1.47. The van der Waals surface area contributed by atoms with E-state index in [4.69, 9.17) is 23.2 Å². The molecule has 2 aliphatic rings. The summed E-state index contributed by atoms with van der Waals surface area (Å²) in [4.78, 5) is 30.9. The van der Waals surface area contributed by atoms with Gasteiger partial charge in [0.25, 0.3) is 18.8 Å². The fourth-order valence-corrected chi connectivity index (χ4v) is 7.20. The second-order valence-electron chi connectivity index (χ2n) is 13.4. The highest BCUT2D eigenvalue weighted by Crippen LogP contribution is 2.48. The lowest BCUT2D eigenvalue weighted by molar-refractivity contribution is -0.127. The molecule has 1 saturated heterocycles. The van der Waals surface area contributed by atoms with E-state index in [0.717, 1.165) is 24.7 Å². The van der Waals surface area contributed by atoms with E-state index in [0.29, 0.717) is 30.7 Å². The molecule has 3 aromatic rings. The number of hydrogen-bond acceptors (Lipinski definition) is 6. The zero-order valence-corrected chi connectivity index (χ0v) is 31.7. The molecule has 0 bridgehead atoms. The van der Waals surface area contributed by atoms with E-state index >= 15 is 0 Å². The van der Waals surface area contributed by atoms with Gasteiger partial charge in [0.05, 0.1) is 36.2 Å². The van der Waals surface area contributed by atoms with Crippen LogP contribution < -0.4 is 10.0 Å². The molecule has 1 aromatic heterocycles. The van der Waals surface area contributed by atoms with E-state index in [1.54, 1.807) is 20.8 Å². The number of rotatable bonds is 10. The number of sulfone groups is 1. The van der Waals surface area contributed by atoms with Crippen molar-refractivity contribution < 1.29 is 57.3 Å². The Labute approximate surface area is 317 Å². The van der Waals surface area contributed by atoms with Crippen molar-refractivity contribution in [1.29, 1.82) is 0 Å². The summed E-state index contributed by atoms with van der Waals surface area (Å²) >= 11 is 10.8. The normalized spacial score (nSPS) is 19.9. The number of aromatic nitrogens is 1. The Morgan fingerprint density at radius 3 is 1.85 bits per heavy atom. The zero-order valence-electron chi connectivity index (χ0n) is 28.5. The number of alkyl halides is 4. The van der Waals surface area contributed by atoms with Gasteiger partial charge in [-0.05, 0) is 69.9 Å². The smallest absolute Gasteiger partial charge is 0.262 e. The number of carbonyl (C=O) groups excluding carboxylic acids is 2. The molecule has 2 aromatic carbocycles. The van der Waals surface area contributed by atoms with E-state index in [1.165, 1.54) is 4.90 Å². The minimum absolute atomic E-state index is 0.0273. The lowest BCUT2D eigenvalue weighted by Gasteiger charge is -2.29. The largest absolute Gasteiger partial charge is 0.342 e. The van der Waals surface area contributed by atoms with Gasteiger partial charge in [-0.15, -0.1) is 0 Å². The number of hydrogen-bond donors (Lipinski definition) is 2. The maximum atomic E-state index is 14.2. The maximum Gasteiger partial charge on any atom is 0.262 e. The van der Waals surface area contributed by atoms with Crippen molar-refractivity contribution in [2.24, 2.45) is 5.92 Å². The summed E-state index contributed by atoms with van der Waals surface area (Å²) in [5.74, 6) is -6.12. The Bertz CT molecular complexity index is 2060. The Kier molecular flexibility index (Phi) is 13.5. The third-order valence-corrected chi connectivity index (χ3v) is 11.6. The average Bonchev–Trinajstić information content (AvgIpc) is 3.73. The van der Waals surface area contributed by atoms with Gasteiger partial charge in [0.1, 0.15) is 41.4 Å². The van der Waals surface area contributed by atoms with Crippen LogP contribution in [0.25, 0.3) is 0 Å². The molecule has 21 heteroatoms. The Hall–Kier alpha value is -3.39.